The van der Waals surface area contributed by atoms with E-state index in [0.29, 0.717) is 5.41 Å². The number of ether oxygens (including phenoxy) is 1. The molecule has 1 fully saturated rings. The van der Waals surface area contributed by atoms with Gasteiger partial charge in [0.05, 0.1) is 6.61 Å². The highest BCUT2D eigenvalue weighted by molar-refractivity contribution is 4.89. The van der Waals surface area contributed by atoms with E-state index in [9.17, 15) is 0 Å². The third kappa shape index (κ3) is 6.55. The standard InChI is InChI=1S/C17H36N2O/c1-15(2)12-19(4)14-17(13-18-10-11-20-5)8-6-16(3)7-9-17/h15-16,18H,6-14H2,1-5H3. The van der Waals surface area contributed by atoms with Crippen LogP contribution in [-0.4, -0.2) is 51.8 Å². The van der Waals surface area contributed by atoms with Gasteiger partial charge in [0.2, 0.25) is 0 Å². The summed E-state index contributed by atoms with van der Waals surface area (Å²) in [5, 5.41) is 3.62. The number of methoxy groups -OCH3 is 1. The third-order valence-electron chi connectivity index (χ3n) is 4.60. The second-order valence-corrected chi connectivity index (χ2v) is 7.44. The molecule has 0 radical (unpaired) electrons. The van der Waals surface area contributed by atoms with E-state index in [0.717, 1.165) is 31.5 Å². The molecule has 120 valence electrons. The van der Waals surface area contributed by atoms with Gasteiger partial charge in [-0.15, -0.1) is 0 Å². The van der Waals surface area contributed by atoms with Crippen molar-refractivity contribution in [3.63, 3.8) is 0 Å². The van der Waals surface area contributed by atoms with Gasteiger partial charge in [-0.05, 0) is 37.1 Å². The fraction of sp³-hybridized carbons (Fsp3) is 1.00. The lowest BCUT2D eigenvalue weighted by Gasteiger charge is -2.42. The summed E-state index contributed by atoms with van der Waals surface area (Å²) in [6.07, 6.45) is 5.52. The Bertz CT molecular complexity index is 247. The molecule has 0 spiro atoms. The first kappa shape index (κ1) is 17.9. The van der Waals surface area contributed by atoms with Crippen LogP contribution < -0.4 is 5.32 Å². The molecule has 3 nitrogen and oxygen atoms in total. The highest BCUT2D eigenvalue weighted by Gasteiger charge is 2.34. The Labute approximate surface area is 126 Å². The molecule has 1 saturated carbocycles. The van der Waals surface area contributed by atoms with Crippen LogP contribution >= 0.6 is 0 Å². The molecule has 0 aromatic rings. The highest BCUT2D eigenvalue weighted by Crippen LogP contribution is 2.39. The maximum atomic E-state index is 5.14. The first-order chi connectivity index (χ1) is 9.47. The number of rotatable bonds is 9. The van der Waals surface area contributed by atoms with Crippen molar-refractivity contribution in [2.75, 3.05) is 46.9 Å². The van der Waals surface area contributed by atoms with Crippen molar-refractivity contribution in [2.45, 2.75) is 46.5 Å². The Morgan fingerprint density at radius 3 is 2.50 bits per heavy atom. The minimum absolute atomic E-state index is 0.476. The summed E-state index contributed by atoms with van der Waals surface area (Å²) in [5.74, 6) is 1.67. The molecule has 3 heteroatoms. The maximum absolute atomic E-state index is 5.14. The first-order valence-electron chi connectivity index (χ1n) is 8.35. The van der Waals surface area contributed by atoms with E-state index in [2.05, 4.69) is 38.0 Å². The molecule has 1 rings (SSSR count). The van der Waals surface area contributed by atoms with Crippen LogP contribution in [0.15, 0.2) is 0 Å². The second kappa shape index (κ2) is 9.01. The lowest BCUT2D eigenvalue weighted by atomic mass is 9.70. The summed E-state index contributed by atoms with van der Waals surface area (Å²) >= 11 is 0. The topological polar surface area (TPSA) is 24.5 Å². The van der Waals surface area contributed by atoms with Gasteiger partial charge in [-0.3, -0.25) is 0 Å². The van der Waals surface area contributed by atoms with Gasteiger partial charge in [-0.25, -0.2) is 0 Å². The van der Waals surface area contributed by atoms with Gasteiger partial charge in [0.15, 0.2) is 0 Å². The molecule has 0 saturated heterocycles. The number of nitrogens with one attached hydrogen (secondary N) is 1. The first-order valence-corrected chi connectivity index (χ1v) is 8.35. The van der Waals surface area contributed by atoms with Crippen LogP contribution in [0.25, 0.3) is 0 Å². The molecule has 0 aromatic heterocycles. The van der Waals surface area contributed by atoms with Crippen LogP contribution in [0.5, 0.6) is 0 Å². The fourth-order valence-electron chi connectivity index (χ4n) is 3.55. The fourth-order valence-corrected chi connectivity index (χ4v) is 3.55. The van der Waals surface area contributed by atoms with E-state index in [4.69, 9.17) is 4.74 Å². The number of hydrogen-bond acceptors (Lipinski definition) is 3. The summed E-state index contributed by atoms with van der Waals surface area (Å²) in [4.78, 5) is 2.54. The van der Waals surface area contributed by atoms with Gasteiger partial charge >= 0.3 is 0 Å². The van der Waals surface area contributed by atoms with E-state index in [1.807, 2.05) is 0 Å². The highest BCUT2D eigenvalue weighted by atomic mass is 16.5. The summed E-state index contributed by atoms with van der Waals surface area (Å²) in [6.45, 7) is 12.4. The van der Waals surface area contributed by atoms with Crippen molar-refractivity contribution < 1.29 is 4.74 Å². The van der Waals surface area contributed by atoms with E-state index >= 15 is 0 Å². The summed E-state index contributed by atoms with van der Waals surface area (Å²) in [7, 11) is 4.06. The zero-order valence-electron chi connectivity index (χ0n) is 14.4. The Morgan fingerprint density at radius 1 is 1.30 bits per heavy atom. The Balaban J connectivity index is 2.50. The molecule has 1 aliphatic carbocycles. The van der Waals surface area contributed by atoms with Crippen molar-refractivity contribution in [3.05, 3.63) is 0 Å². The van der Waals surface area contributed by atoms with Crippen LogP contribution in [0.3, 0.4) is 0 Å². The smallest absolute Gasteiger partial charge is 0.0587 e. The van der Waals surface area contributed by atoms with E-state index in [-0.39, 0.29) is 0 Å². The monoisotopic (exact) mass is 284 g/mol. The lowest BCUT2D eigenvalue weighted by Crippen LogP contribution is -2.46. The van der Waals surface area contributed by atoms with Crippen molar-refractivity contribution in [2.24, 2.45) is 17.3 Å². The van der Waals surface area contributed by atoms with Crippen LogP contribution in [-0.2, 0) is 4.74 Å². The molecule has 0 amide bonds. The summed E-state index contributed by atoms with van der Waals surface area (Å²) in [5.41, 5.74) is 0.476. The minimum Gasteiger partial charge on any atom is -0.383 e. The van der Waals surface area contributed by atoms with Gasteiger partial charge in [0, 0.05) is 33.3 Å². The Hall–Kier alpha value is -0.120. The molecule has 0 unspecified atom stereocenters. The van der Waals surface area contributed by atoms with Crippen molar-refractivity contribution in [1.29, 1.82) is 0 Å². The molecular formula is C17H36N2O. The van der Waals surface area contributed by atoms with Crippen LogP contribution in [0.4, 0.5) is 0 Å². The SMILES string of the molecule is COCCNCC1(CN(C)CC(C)C)CCC(C)CC1. The molecule has 1 N–H and O–H groups in total. The Kier molecular flexibility index (Phi) is 8.08. The van der Waals surface area contributed by atoms with Crippen molar-refractivity contribution >= 4 is 0 Å². The van der Waals surface area contributed by atoms with Gasteiger partial charge in [0.25, 0.3) is 0 Å². The average Bonchev–Trinajstić information content (AvgIpc) is 2.37. The van der Waals surface area contributed by atoms with Crippen LogP contribution in [0.2, 0.25) is 0 Å². The molecule has 0 aromatic carbocycles. The molecule has 0 bridgehead atoms. The van der Waals surface area contributed by atoms with Crippen molar-refractivity contribution in [1.82, 2.24) is 10.2 Å². The molecule has 0 atom stereocenters. The lowest BCUT2D eigenvalue weighted by molar-refractivity contribution is 0.0908. The second-order valence-electron chi connectivity index (χ2n) is 7.44. The van der Waals surface area contributed by atoms with E-state index in [1.165, 1.54) is 38.8 Å². The van der Waals surface area contributed by atoms with Crippen molar-refractivity contribution in [3.8, 4) is 0 Å². The van der Waals surface area contributed by atoms with E-state index in [1.54, 1.807) is 7.11 Å². The molecule has 0 heterocycles. The number of nitrogens with zero attached hydrogens (tertiary/aromatic N) is 1. The Morgan fingerprint density at radius 2 is 1.95 bits per heavy atom. The van der Waals surface area contributed by atoms with Gasteiger partial charge in [-0.1, -0.05) is 33.6 Å². The van der Waals surface area contributed by atoms with Gasteiger partial charge in [0.1, 0.15) is 0 Å². The zero-order valence-corrected chi connectivity index (χ0v) is 14.4. The van der Waals surface area contributed by atoms with Gasteiger partial charge < -0.3 is 15.0 Å². The summed E-state index contributed by atoms with van der Waals surface area (Å²) < 4.78 is 5.14. The van der Waals surface area contributed by atoms with Gasteiger partial charge in [-0.2, -0.15) is 0 Å². The third-order valence-corrected chi connectivity index (χ3v) is 4.60. The predicted molar refractivity (Wildman–Crippen MR) is 87.1 cm³/mol. The largest absolute Gasteiger partial charge is 0.383 e. The van der Waals surface area contributed by atoms with E-state index < -0.39 is 0 Å². The predicted octanol–water partition coefficient (Wildman–Crippen LogP) is 3.01. The summed E-state index contributed by atoms with van der Waals surface area (Å²) in [6, 6.07) is 0. The minimum atomic E-state index is 0.476. The maximum Gasteiger partial charge on any atom is 0.0587 e. The number of hydrogen-bond donors (Lipinski definition) is 1. The molecule has 1 aliphatic rings. The molecule has 0 aliphatic heterocycles. The quantitative estimate of drug-likeness (QED) is 0.659. The molecular weight excluding hydrogens is 248 g/mol. The van der Waals surface area contributed by atoms with Crippen LogP contribution in [0, 0.1) is 17.3 Å². The average molecular weight is 284 g/mol. The zero-order chi connectivity index (χ0) is 15.0. The molecule has 20 heavy (non-hydrogen) atoms. The normalized spacial score (nSPS) is 27.4. The van der Waals surface area contributed by atoms with Crippen LogP contribution in [0.1, 0.15) is 46.5 Å².